The molecule has 0 aromatic heterocycles. The summed E-state index contributed by atoms with van der Waals surface area (Å²) in [6, 6.07) is 4.01. The second kappa shape index (κ2) is 9.06. The first-order valence-corrected chi connectivity index (χ1v) is 10.6. The largest absolute Gasteiger partial charge is 0.418 e. The lowest BCUT2D eigenvalue weighted by molar-refractivity contribution is -0.142. The fourth-order valence-corrected chi connectivity index (χ4v) is 3.95. The lowest BCUT2D eigenvalue weighted by Gasteiger charge is -2.35. The van der Waals surface area contributed by atoms with Crippen molar-refractivity contribution >= 4 is 23.2 Å². The number of carbonyl (C=O) groups excluding carboxylic acids is 2. The van der Waals surface area contributed by atoms with Crippen LogP contribution in [0.25, 0.3) is 0 Å². The second-order valence-electron chi connectivity index (χ2n) is 9.13. The number of likely N-dealkylation sites (tertiary alicyclic amines) is 1. The number of piperidine rings is 1. The third-order valence-electron chi connectivity index (χ3n) is 5.74. The Bertz CT molecular complexity index is 806. The molecule has 6 nitrogen and oxygen atoms in total. The van der Waals surface area contributed by atoms with E-state index in [4.69, 9.17) is 4.74 Å². The summed E-state index contributed by atoms with van der Waals surface area (Å²) in [4.78, 5) is 28.7. The van der Waals surface area contributed by atoms with Crippen LogP contribution in [0.5, 0.6) is 0 Å². The van der Waals surface area contributed by atoms with Gasteiger partial charge in [-0.2, -0.15) is 13.2 Å². The Kier molecular flexibility index (Phi) is 6.83. The van der Waals surface area contributed by atoms with Gasteiger partial charge in [-0.05, 0) is 31.0 Å². The van der Waals surface area contributed by atoms with Crippen molar-refractivity contribution in [1.82, 2.24) is 4.90 Å². The van der Waals surface area contributed by atoms with Gasteiger partial charge in [0.15, 0.2) is 0 Å². The summed E-state index contributed by atoms with van der Waals surface area (Å²) in [5.41, 5.74) is -1.13. The molecule has 2 aliphatic rings. The highest BCUT2D eigenvalue weighted by atomic mass is 19.4. The molecule has 0 spiro atoms. The van der Waals surface area contributed by atoms with Gasteiger partial charge in [0.05, 0.1) is 24.5 Å². The van der Waals surface area contributed by atoms with E-state index in [1.54, 1.807) is 11.0 Å². The molecular weight excluding hydrogens is 411 g/mol. The van der Waals surface area contributed by atoms with Crippen LogP contribution in [-0.2, 0) is 20.5 Å². The van der Waals surface area contributed by atoms with Crippen molar-refractivity contribution in [3.05, 3.63) is 23.8 Å². The van der Waals surface area contributed by atoms with Gasteiger partial charge in [-0.15, -0.1) is 0 Å². The van der Waals surface area contributed by atoms with Crippen LogP contribution in [0.15, 0.2) is 18.2 Å². The molecule has 1 N–H and O–H groups in total. The Morgan fingerprint density at radius 2 is 1.65 bits per heavy atom. The van der Waals surface area contributed by atoms with Gasteiger partial charge in [0.2, 0.25) is 11.8 Å². The lowest BCUT2D eigenvalue weighted by Crippen LogP contribution is -2.45. The summed E-state index contributed by atoms with van der Waals surface area (Å²) >= 11 is 0. The van der Waals surface area contributed by atoms with E-state index in [1.165, 1.54) is 6.07 Å². The number of nitrogens with one attached hydrogen (secondary N) is 1. The number of ether oxygens (including phenoxy) is 1. The molecule has 0 atom stereocenters. The molecule has 2 aliphatic heterocycles. The van der Waals surface area contributed by atoms with Crippen molar-refractivity contribution in [2.24, 2.45) is 11.3 Å². The van der Waals surface area contributed by atoms with Gasteiger partial charge in [0.25, 0.3) is 0 Å². The summed E-state index contributed by atoms with van der Waals surface area (Å²) in [5.74, 6) is -0.846. The number of anilines is 2. The van der Waals surface area contributed by atoms with E-state index in [1.807, 2.05) is 25.7 Å². The minimum Gasteiger partial charge on any atom is -0.378 e. The Balaban J connectivity index is 1.69. The molecule has 2 amide bonds. The van der Waals surface area contributed by atoms with E-state index in [-0.39, 0.29) is 11.6 Å². The molecule has 0 radical (unpaired) electrons. The van der Waals surface area contributed by atoms with E-state index in [9.17, 15) is 22.8 Å². The quantitative estimate of drug-likeness (QED) is 0.776. The number of amides is 2. The molecule has 2 fully saturated rings. The summed E-state index contributed by atoms with van der Waals surface area (Å²) < 4.78 is 46.4. The third-order valence-corrected chi connectivity index (χ3v) is 5.74. The zero-order chi connectivity index (χ0) is 22.8. The lowest BCUT2D eigenvalue weighted by atomic mass is 9.90. The normalized spacial score (nSPS) is 18.8. The van der Waals surface area contributed by atoms with E-state index in [0.29, 0.717) is 57.9 Å². The predicted octanol–water partition coefficient (Wildman–Crippen LogP) is 3.77. The van der Waals surface area contributed by atoms with Crippen LogP contribution in [0.3, 0.4) is 0 Å². The Morgan fingerprint density at radius 3 is 2.19 bits per heavy atom. The van der Waals surface area contributed by atoms with E-state index < -0.39 is 29.0 Å². The molecule has 172 valence electrons. The number of nitrogens with zero attached hydrogens (tertiary/aromatic N) is 2. The number of hydrogen-bond donors (Lipinski definition) is 1. The third kappa shape index (κ3) is 5.70. The summed E-state index contributed by atoms with van der Waals surface area (Å²) in [7, 11) is 0. The van der Waals surface area contributed by atoms with Crippen LogP contribution in [0, 0.1) is 11.3 Å². The van der Waals surface area contributed by atoms with Gasteiger partial charge in [0.1, 0.15) is 0 Å². The SMILES string of the molecule is CC(C)(C)C(=O)N1CCC(C(=O)Nc2ccc(N3CCOCC3)cc2C(F)(F)F)CC1. The first-order valence-electron chi connectivity index (χ1n) is 10.6. The standard InChI is InChI=1S/C22H30F3N3O3/c1-21(2,3)20(30)28-8-6-15(7-9-28)19(29)26-18-5-4-16(14-17(18)22(23,24)25)27-10-12-31-13-11-27/h4-5,14-15H,6-13H2,1-3H3,(H,26,29). The molecule has 0 bridgehead atoms. The maximum atomic E-state index is 13.7. The molecule has 2 saturated heterocycles. The van der Waals surface area contributed by atoms with Gasteiger partial charge in [0, 0.05) is 43.2 Å². The molecule has 31 heavy (non-hydrogen) atoms. The average Bonchev–Trinajstić information content (AvgIpc) is 2.72. The first-order chi connectivity index (χ1) is 14.5. The average molecular weight is 441 g/mol. The number of halogens is 3. The highest BCUT2D eigenvalue weighted by molar-refractivity contribution is 5.94. The van der Waals surface area contributed by atoms with Crippen LogP contribution in [0.2, 0.25) is 0 Å². The molecule has 0 unspecified atom stereocenters. The fourth-order valence-electron chi connectivity index (χ4n) is 3.95. The minimum atomic E-state index is -4.59. The van der Waals surface area contributed by atoms with Crippen LogP contribution >= 0.6 is 0 Å². The molecule has 9 heteroatoms. The Hall–Kier alpha value is -2.29. The van der Waals surface area contributed by atoms with E-state index in [2.05, 4.69) is 5.32 Å². The number of carbonyl (C=O) groups is 2. The van der Waals surface area contributed by atoms with Crippen LogP contribution < -0.4 is 10.2 Å². The first kappa shape index (κ1) is 23.4. The Morgan fingerprint density at radius 1 is 1.03 bits per heavy atom. The van der Waals surface area contributed by atoms with Crippen LogP contribution in [-0.4, -0.2) is 56.1 Å². The number of hydrogen-bond acceptors (Lipinski definition) is 4. The zero-order valence-electron chi connectivity index (χ0n) is 18.2. The Labute approximate surface area is 180 Å². The molecule has 0 saturated carbocycles. The fraction of sp³-hybridized carbons (Fsp3) is 0.636. The molecule has 3 rings (SSSR count). The monoisotopic (exact) mass is 441 g/mol. The van der Waals surface area contributed by atoms with Gasteiger partial charge in [-0.25, -0.2) is 0 Å². The topological polar surface area (TPSA) is 61.9 Å². The zero-order valence-corrected chi connectivity index (χ0v) is 18.2. The molecule has 1 aromatic carbocycles. The van der Waals surface area contributed by atoms with Crippen LogP contribution in [0.4, 0.5) is 24.5 Å². The van der Waals surface area contributed by atoms with Gasteiger partial charge in [-0.3, -0.25) is 9.59 Å². The van der Waals surface area contributed by atoms with Gasteiger partial charge in [-0.1, -0.05) is 20.8 Å². The number of benzene rings is 1. The highest BCUT2D eigenvalue weighted by Crippen LogP contribution is 2.38. The highest BCUT2D eigenvalue weighted by Gasteiger charge is 2.36. The van der Waals surface area contributed by atoms with Crippen molar-refractivity contribution in [3.63, 3.8) is 0 Å². The summed E-state index contributed by atoms with van der Waals surface area (Å²) in [6.45, 7) is 8.36. The van der Waals surface area contributed by atoms with E-state index >= 15 is 0 Å². The number of morpholine rings is 1. The summed E-state index contributed by atoms with van der Waals surface area (Å²) in [5, 5.41) is 2.49. The van der Waals surface area contributed by atoms with Gasteiger partial charge >= 0.3 is 6.18 Å². The smallest absolute Gasteiger partial charge is 0.378 e. The number of alkyl halides is 3. The van der Waals surface area contributed by atoms with Crippen molar-refractivity contribution in [2.45, 2.75) is 39.8 Å². The maximum Gasteiger partial charge on any atom is 0.418 e. The van der Waals surface area contributed by atoms with E-state index in [0.717, 1.165) is 6.07 Å². The maximum absolute atomic E-state index is 13.7. The number of rotatable bonds is 3. The van der Waals surface area contributed by atoms with Crippen LogP contribution in [0.1, 0.15) is 39.2 Å². The van der Waals surface area contributed by atoms with Crippen molar-refractivity contribution < 1.29 is 27.5 Å². The minimum absolute atomic E-state index is 0.0180. The predicted molar refractivity (Wildman–Crippen MR) is 112 cm³/mol. The van der Waals surface area contributed by atoms with Gasteiger partial charge < -0.3 is 19.9 Å². The molecule has 0 aliphatic carbocycles. The summed E-state index contributed by atoms with van der Waals surface area (Å²) in [6.07, 6.45) is -3.73. The molecule has 1 aromatic rings. The molecular formula is C22H30F3N3O3. The van der Waals surface area contributed by atoms with Crippen molar-refractivity contribution in [1.29, 1.82) is 0 Å². The van der Waals surface area contributed by atoms with Crippen molar-refractivity contribution in [2.75, 3.05) is 49.6 Å². The molecule has 2 heterocycles. The van der Waals surface area contributed by atoms with Crippen molar-refractivity contribution in [3.8, 4) is 0 Å². The second-order valence-corrected chi connectivity index (χ2v) is 9.13.